The van der Waals surface area contributed by atoms with Gasteiger partial charge in [0.1, 0.15) is 0 Å². The van der Waals surface area contributed by atoms with Gasteiger partial charge in [-0.15, -0.1) is 8.78 Å². The number of primary amides is 1. The molecular weight excluding hydrogens is 418 g/mol. The van der Waals surface area contributed by atoms with Gasteiger partial charge in [0.05, 0.1) is 5.41 Å². The molecule has 32 heavy (non-hydrogen) atoms. The van der Waals surface area contributed by atoms with Crippen molar-refractivity contribution in [3.05, 3.63) is 77.9 Å². The van der Waals surface area contributed by atoms with Crippen LogP contribution in [0.25, 0.3) is 11.1 Å². The molecular formula is C24H18F2N2O4. The molecule has 8 heteroatoms. The number of halogens is 2. The molecule has 0 atom stereocenters. The van der Waals surface area contributed by atoms with Gasteiger partial charge in [0.25, 0.3) is 0 Å². The highest BCUT2D eigenvalue weighted by Crippen LogP contribution is 2.52. The van der Waals surface area contributed by atoms with Crippen LogP contribution in [0.3, 0.4) is 0 Å². The topological polar surface area (TPSA) is 90.7 Å². The Morgan fingerprint density at radius 1 is 0.875 bits per heavy atom. The number of hydrogen-bond acceptors (Lipinski definition) is 4. The number of anilines is 1. The van der Waals surface area contributed by atoms with Crippen LogP contribution in [-0.2, 0) is 10.2 Å². The summed E-state index contributed by atoms with van der Waals surface area (Å²) in [6, 6.07) is 18.6. The summed E-state index contributed by atoms with van der Waals surface area (Å²) in [7, 11) is 0. The van der Waals surface area contributed by atoms with Gasteiger partial charge in [-0.3, -0.25) is 9.59 Å². The van der Waals surface area contributed by atoms with Crippen LogP contribution in [0.5, 0.6) is 11.5 Å². The highest BCUT2D eigenvalue weighted by molar-refractivity contribution is 6.02. The van der Waals surface area contributed by atoms with E-state index in [1.807, 2.05) is 18.2 Å². The molecule has 2 amide bonds. The number of nitrogens with one attached hydrogen (secondary N) is 1. The highest BCUT2D eigenvalue weighted by atomic mass is 19.3. The Balaban J connectivity index is 1.36. The number of ether oxygens (including phenoxy) is 2. The molecule has 0 unspecified atom stereocenters. The molecule has 1 aliphatic heterocycles. The highest BCUT2D eigenvalue weighted by Gasteiger charge is 2.52. The summed E-state index contributed by atoms with van der Waals surface area (Å²) in [5.74, 6) is -0.845. The summed E-state index contributed by atoms with van der Waals surface area (Å²) >= 11 is 0. The molecule has 0 saturated heterocycles. The van der Waals surface area contributed by atoms with Gasteiger partial charge in [-0.05, 0) is 65.9 Å². The zero-order valence-electron chi connectivity index (χ0n) is 16.7. The molecule has 1 aliphatic carbocycles. The molecule has 0 radical (unpaired) electrons. The lowest BCUT2D eigenvalue weighted by Gasteiger charge is -2.17. The van der Waals surface area contributed by atoms with E-state index in [0.717, 1.165) is 11.1 Å². The van der Waals surface area contributed by atoms with Crippen molar-refractivity contribution in [2.45, 2.75) is 24.6 Å². The van der Waals surface area contributed by atoms with Crippen LogP contribution in [0.15, 0.2) is 66.7 Å². The largest absolute Gasteiger partial charge is 0.586 e. The molecule has 5 rings (SSSR count). The smallest absolute Gasteiger partial charge is 0.395 e. The molecule has 3 aromatic carbocycles. The van der Waals surface area contributed by atoms with Crippen molar-refractivity contribution in [3.8, 4) is 22.6 Å². The van der Waals surface area contributed by atoms with Gasteiger partial charge in [0.2, 0.25) is 11.8 Å². The minimum absolute atomic E-state index is 0.0509. The molecule has 0 bridgehead atoms. The Kier molecular flexibility index (Phi) is 4.40. The number of hydrogen-bond donors (Lipinski definition) is 2. The average Bonchev–Trinajstić information content (AvgIpc) is 3.51. The second-order valence-corrected chi connectivity index (χ2v) is 7.89. The molecule has 0 spiro atoms. The lowest BCUT2D eigenvalue weighted by molar-refractivity contribution is -0.286. The van der Waals surface area contributed by atoms with E-state index in [0.29, 0.717) is 29.7 Å². The molecule has 3 N–H and O–H groups in total. The molecule has 0 aromatic heterocycles. The van der Waals surface area contributed by atoms with Crippen molar-refractivity contribution >= 4 is 17.5 Å². The standard InChI is InChI=1S/C24H18F2N2O4/c25-24(26)31-19-9-8-17(13-20(19)32-24)23(10-11-23)22(30)28-18-3-1-2-16(12-18)14-4-6-15(7-5-14)21(27)29/h1-9,12-13H,10-11H2,(H2,27,29)(H,28,30). The molecule has 3 aromatic rings. The fourth-order valence-electron chi connectivity index (χ4n) is 3.87. The maximum atomic E-state index is 13.3. The monoisotopic (exact) mass is 436 g/mol. The Hall–Kier alpha value is -3.94. The van der Waals surface area contributed by atoms with Gasteiger partial charge in [-0.2, -0.15) is 0 Å². The first-order valence-electron chi connectivity index (χ1n) is 9.98. The first-order chi connectivity index (χ1) is 15.3. The van der Waals surface area contributed by atoms with E-state index >= 15 is 0 Å². The number of rotatable bonds is 5. The van der Waals surface area contributed by atoms with Crippen molar-refractivity contribution in [2.75, 3.05) is 5.32 Å². The summed E-state index contributed by atoms with van der Waals surface area (Å²) in [5.41, 5.74) is 7.82. The van der Waals surface area contributed by atoms with E-state index in [9.17, 15) is 18.4 Å². The molecule has 6 nitrogen and oxygen atoms in total. The van der Waals surface area contributed by atoms with Gasteiger partial charge < -0.3 is 20.5 Å². The van der Waals surface area contributed by atoms with Crippen LogP contribution in [-0.4, -0.2) is 18.1 Å². The minimum Gasteiger partial charge on any atom is -0.395 e. The summed E-state index contributed by atoms with van der Waals surface area (Å²) in [5, 5.41) is 2.93. The van der Waals surface area contributed by atoms with Crippen molar-refractivity contribution in [1.29, 1.82) is 0 Å². The van der Waals surface area contributed by atoms with Crippen molar-refractivity contribution < 1.29 is 27.8 Å². The Labute approximate surface area is 181 Å². The second kappa shape index (κ2) is 7.05. The fourth-order valence-corrected chi connectivity index (χ4v) is 3.87. The normalized spacial score (nSPS) is 16.9. The van der Waals surface area contributed by atoms with Gasteiger partial charge >= 0.3 is 6.29 Å². The third-order valence-electron chi connectivity index (χ3n) is 5.76. The van der Waals surface area contributed by atoms with Crippen molar-refractivity contribution in [1.82, 2.24) is 0 Å². The van der Waals surface area contributed by atoms with Gasteiger partial charge in [-0.1, -0.05) is 30.3 Å². The number of carbonyl (C=O) groups excluding carboxylic acids is 2. The van der Waals surface area contributed by atoms with E-state index in [1.54, 1.807) is 36.4 Å². The lowest BCUT2D eigenvalue weighted by atomic mass is 9.94. The van der Waals surface area contributed by atoms with Gasteiger partial charge in [-0.25, -0.2) is 0 Å². The van der Waals surface area contributed by atoms with Crippen LogP contribution in [0.4, 0.5) is 14.5 Å². The third kappa shape index (κ3) is 3.53. The molecule has 2 aliphatic rings. The maximum absolute atomic E-state index is 13.3. The number of carbonyl (C=O) groups is 2. The second-order valence-electron chi connectivity index (χ2n) is 7.89. The predicted octanol–water partition coefficient (Wildman–Crippen LogP) is 4.44. The first kappa shape index (κ1) is 20.0. The molecule has 1 heterocycles. The summed E-state index contributed by atoms with van der Waals surface area (Å²) < 4.78 is 35.6. The van der Waals surface area contributed by atoms with Crippen LogP contribution in [0, 0.1) is 0 Å². The summed E-state index contributed by atoms with van der Waals surface area (Å²) in [6.07, 6.45) is -2.50. The van der Waals surface area contributed by atoms with Crippen molar-refractivity contribution in [2.24, 2.45) is 5.73 Å². The minimum atomic E-state index is -3.70. The lowest BCUT2D eigenvalue weighted by Crippen LogP contribution is -2.28. The van der Waals surface area contributed by atoms with Gasteiger partial charge in [0, 0.05) is 11.3 Å². The van der Waals surface area contributed by atoms with E-state index in [-0.39, 0.29) is 17.4 Å². The Morgan fingerprint density at radius 3 is 2.28 bits per heavy atom. The first-order valence-corrected chi connectivity index (χ1v) is 9.98. The maximum Gasteiger partial charge on any atom is 0.586 e. The van der Waals surface area contributed by atoms with Crippen LogP contribution in [0.1, 0.15) is 28.8 Å². The quantitative estimate of drug-likeness (QED) is 0.619. The average molecular weight is 436 g/mol. The predicted molar refractivity (Wildman–Crippen MR) is 113 cm³/mol. The molecule has 1 fully saturated rings. The van der Waals surface area contributed by atoms with Crippen molar-refractivity contribution in [3.63, 3.8) is 0 Å². The van der Waals surface area contributed by atoms with Crippen LogP contribution < -0.4 is 20.5 Å². The summed E-state index contributed by atoms with van der Waals surface area (Å²) in [6.45, 7) is 0. The van der Waals surface area contributed by atoms with E-state index in [1.165, 1.54) is 12.1 Å². The number of fused-ring (bicyclic) bond motifs is 1. The Morgan fingerprint density at radius 2 is 1.59 bits per heavy atom. The van der Waals surface area contributed by atoms with E-state index in [4.69, 9.17) is 5.73 Å². The number of amides is 2. The number of alkyl halides is 2. The van der Waals surface area contributed by atoms with E-state index in [2.05, 4.69) is 14.8 Å². The third-order valence-corrected chi connectivity index (χ3v) is 5.76. The fraction of sp³-hybridized carbons (Fsp3) is 0.167. The van der Waals surface area contributed by atoms with E-state index < -0.39 is 17.6 Å². The zero-order chi connectivity index (χ0) is 22.5. The van der Waals surface area contributed by atoms with Gasteiger partial charge in [0.15, 0.2) is 11.5 Å². The Bertz CT molecular complexity index is 1240. The van der Waals surface area contributed by atoms with Crippen LogP contribution >= 0.6 is 0 Å². The number of nitrogens with two attached hydrogens (primary N) is 1. The molecule has 1 saturated carbocycles. The summed E-state index contributed by atoms with van der Waals surface area (Å²) in [4.78, 5) is 24.4. The zero-order valence-corrected chi connectivity index (χ0v) is 16.7. The number of benzene rings is 3. The SMILES string of the molecule is NC(=O)c1ccc(-c2cccc(NC(=O)C3(c4ccc5c(c4)OC(F)(F)O5)CC3)c2)cc1. The molecule has 162 valence electrons. The van der Waals surface area contributed by atoms with Crippen LogP contribution in [0.2, 0.25) is 0 Å².